The zero-order chi connectivity index (χ0) is 14.4. The van der Waals surface area contributed by atoms with Gasteiger partial charge in [0.15, 0.2) is 11.5 Å². The number of ether oxygens (including phenoxy) is 2. The Morgan fingerprint density at radius 3 is 2.65 bits per heavy atom. The molecular weight excluding hydrogens is 277 g/mol. The molecule has 0 aliphatic heterocycles. The molecule has 0 saturated carbocycles. The highest BCUT2D eigenvalue weighted by molar-refractivity contribution is 7.99. The van der Waals surface area contributed by atoms with E-state index in [1.54, 1.807) is 13.2 Å². The van der Waals surface area contributed by atoms with Crippen molar-refractivity contribution < 1.29 is 13.9 Å². The summed E-state index contributed by atoms with van der Waals surface area (Å²) in [6.07, 6.45) is 0. The normalized spacial score (nSPS) is 10.3. The highest BCUT2D eigenvalue weighted by Gasteiger charge is 2.04. The Labute approximate surface area is 121 Å². The maximum atomic E-state index is 13.1. The van der Waals surface area contributed by atoms with E-state index in [4.69, 9.17) is 15.2 Å². The molecule has 0 saturated heterocycles. The fourth-order valence-electron chi connectivity index (χ4n) is 1.67. The molecule has 2 aromatic rings. The number of anilines is 1. The van der Waals surface area contributed by atoms with Crippen LogP contribution in [-0.2, 0) is 0 Å². The van der Waals surface area contributed by atoms with Crippen LogP contribution in [0.4, 0.5) is 10.1 Å². The van der Waals surface area contributed by atoms with E-state index < -0.39 is 0 Å². The second kappa shape index (κ2) is 7.05. The zero-order valence-electron chi connectivity index (χ0n) is 11.1. The number of benzene rings is 2. The van der Waals surface area contributed by atoms with Gasteiger partial charge in [0.2, 0.25) is 0 Å². The predicted molar refractivity (Wildman–Crippen MR) is 80.0 cm³/mol. The summed E-state index contributed by atoms with van der Waals surface area (Å²) in [5.74, 6) is 1.78. The van der Waals surface area contributed by atoms with Crippen LogP contribution < -0.4 is 15.2 Å². The van der Waals surface area contributed by atoms with Crippen LogP contribution in [0, 0.1) is 5.82 Å². The number of hydrogen-bond acceptors (Lipinski definition) is 4. The molecule has 0 heterocycles. The molecule has 20 heavy (non-hydrogen) atoms. The van der Waals surface area contributed by atoms with Crippen molar-refractivity contribution in [3.8, 4) is 11.5 Å². The van der Waals surface area contributed by atoms with Gasteiger partial charge in [0.05, 0.1) is 13.7 Å². The average molecular weight is 293 g/mol. The smallest absolute Gasteiger partial charge is 0.161 e. The first-order chi connectivity index (χ1) is 9.70. The van der Waals surface area contributed by atoms with E-state index in [1.807, 2.05) is 24.3 Å². The fourth-order valence-corrected chi connectivity index (χ4v) is 2.49. The number of para-hydroxylation sites is 2. The third kappa shape index (κ3) is 3.81. The topological polar surface area (TPSA) is 44.5 Å². The number of thioether (sulfide) groups is 1. The number of nitrogens with two attached hydrogens (primary N) is 1. The summed E-state index contributed by atoms with van der Waals surface area (Å²) < 4.78 is 23.9. The fraction of sp³-hybridized carbons (Fsp3) is 0.200. The highest BCUT2D eigenvalue weighted by Crippen LogP contribution is 2.28. The van der Waals surface area contributed by atoms with E-state index in [1.165, 1.54) is 23.9 Å². The van der Waals surface area contributed by atoms with Crippen molar-refractivity contribution >= 4 is 17.4 Å². The minimum atomic E-state index is -0.285. The van der Waals surface area contributed by atoms with Gasteiger partial charge in [0.1, 0.15) is 5.82 Å². The largest absolute Gasteiger partial charge is 0.493 e. The molecule has 0 amide bonds. The van der Waals surface area contributed by atoms with Crippen molar-refractivity contribution in [2.24, 2.45) is 0 Å². The number of nitrogen functional groups attached to an aromatic ring is 1. The minimum absolute atomic E-state index is 0.285. The molecule has 0 spiro atoms. The van der Waals surface area contributed by atoms with Gasteiger partial charge in [-0.2, -0.15) is 0 Å². The quantitative estimate of drug-likeness (QED) is 0.502. The number of halogens is 1. The van der Waals surface area contributed by atoms with Crippen molar-refractivity contribution in [2.45, 2.75) is 4.90 Å². The summed E-state index contributed by atoms with van der Waals surface area (Å²) >= 11 is 1.46. The lowest BCUT2D eigenvalue weighted by Gasteiger charge is -2.10. The Morgan fingerprint density at radius 2 is 1.90 bits per heavy atom. The molecule has 2 rings (SSSR count). The van der Waals surface area contributed by atoms with E-state index in [-0.39, 0.29) is 5.82 Å². The molecule has 2 aromatic carbocycles. The van der Waals surface area contributed by atoms with E-state index in [0.29, 0.717) is 29.5 Å². The lowest BCUT2D eigenvalue weighted by molar-refractivity contribution is 0.313. The van der Waals surface area contributed by atoms with Gasteiger partial charge in [-0.1, -0.05) is 12.1 Å². The lowest BCUT2D eigenvalue weighted by atomic mass is 10.3. The Balaban J connectivity index is 1.86. The van der Waals surface area contributed by atoms with Gasteiger partial charge in [0.25, 0.3) is 0 Å². The molecule has 3 nitrogen and oxygen atoms in total. The summed E-state index contributed by atoms with van der Waals surface area (Å²) in [7, 11) is 1.60. The lowest BCUT2D eigenvalue weighted by Crippen LogP contribution is -2.02. The zero-order valence-corrected chi connectivity index (χ0v) is 12.0. The Hall–Kier alpha value is -1.88. The molecule has 0 radical (unpaired) electrons. The van der Waals surface area contributed by atoms with Crippen LogP contribution in [0.15, 0.2) is 47.4 Å². The molecule has 0 fully saturated rings. The SMILES string of the molecule is COc1ccccc1OCCSc1cc(F)ccc1N. The van der Waals surface area contributed by atoms with Crippen LogP contribution >= 0.6 is 11.8 Å². The first-order valence-electron chi connectivity index (χ1n) is 6.14. The predicted octanol–water partition coefficient (Wildman–Crippen LogP) is 3.59. The van der Waals surface area contributed by atoms with Crippen LogP contribution in [0.2, 0.25) is 0 Å². The number of rotatable bonds is 6. The van der Waals surface area contributed by atoms with Crippen molar-refractivity contribution in [2.75, 3.05) is 25.2 Å². The molecule has 0 bridgehead atoms. The highest BCUT2D eigenvalue weighted by atomic mass is 32.2. The molecule has 0 unspecified atom stereocenters. The maximum absolute atomic E-state index is 13.1. The first-order valence-corrected chi connectivity index (χ1v) is 7.13. The van der Waals surface area contributed by atoms with Crippen LogP contribution in [0.3, 0.4) is 0 Å². The van der Waals surface area contributed by atoms with Gasteiger partial charge < -0.3 is 15.2 Å². The van der Waals surface area contributed by atoms with Gasteiger partial charge >= 0.3 is 0 Å². The molecule has 5 heteroatoms. The summed E-state index contributed by atoms with van der Waals surface area (Å²) in [6.45, 7) is 0.487. The van der Waals surface area contributed by atoms with Gasteiger partial charge in [-0.15, -0.1) is 11.8 Å². The summed E-state index contributed by atoms with van der Waals surface area (Å²) in [5.41, 5.74) is 6.36. The summed E-state index contributed by atoms with van der Waals surface area (Å²) in [6, 6.07) is 11.8. The second-order valence-corrected chi connectivity index (χ2v) is 5.17. The third-order valence-electron chi connectivity index (χ3n) is 2.64. The van der Waals surface area contributed by atoms with E-state index in [9.17, 15) is 4.39 Å². The summed E-state index contributed by atoms with van der Waals surface area (Å²) in [4.78, 5) is 0.730. The third-order valence-corrected chi connectivity index (χ3v) is 3.68. The van der Waals surface area contributed by atoms with Gasteiger partial charge in [0, 0.05) is 16.3 Å². The van der Waals surface area contributed by atoms with E-state index >= 15 is 0 Å². The van der Waals surface area contributed by atoms with Crippen LogP contribution in [0.1, 0.15) is 0 Å². The van der Waals surface area contributed by atoms with Gasteiger partial charge in [-0.25, -0.2) is 4.39 Å². The molecule has 106 valence electrons. The second-order valence-electron chi connectivity index (χ2n) is 4.03. The van der Waals surface area contributed by atoms with Gasteiger partial charge in [-0.05, 0) is 30.3 Å². The molecule has 0 aromatic heterocycles. The van der Waals surface area contributed by atoms with Crippen molar-refractivity contribution in [1.82, 2.24) is 0 Å². The average Bonchev–Trinajstić information content (AvgIpc) is 2.47. The molecule has 0 aliphatic carbocycles. The van der Waals surface area contributed by atoms with Crippen molar-refractivity contribution in [1.29, 1.82) is 0 Å². The Morgan fingerprint density at radius 1 is 1.15 bits per heavy atom. The molecular formula is C15H16FNO2S. The molecule has 2 N–H and O–H groups in total. The Kier molecular flexibility index (Phi) is 5.12. The number of methoxy groups -OCH3 is 1. The first kappa shape index (κ1) is 14.5. The van der Waals surface area contributed by atoms with Crippen LogP contribution in [-0.4, -0.2) is 19.5 Å². The molecule has 0 aliphatic rings. The maximum Gasteiger partial charge on any atom is 0.161 e. The Bertz CT molecular complexity index is 578. The standard InChI is InChI=1S/C15H16FNO2S/c1-18-13-4-2-3-5-14(13)19-8-9-20-15-10-11(16)6-7-12(15)17/h2-7,10H,8-9,17H2,1H3. The van der Waals surface area contributed by atoms with E-state index in [2.05, 4.69) is 0 Å². The number of hydrogen-bond donors (Lipinski definition) is 1. The van der Waals surface area contributed by atoms with Crippen molar-refractivity contribution in [3.05, 3.63) is 48.3 Å². The van der Waals surface area contributed by atoms with Gasteiger partial charge in [-0.3, -0.25) is 0 Å². The monoisotopic (exact) mass is 293 g/mol. The molecule has 0 atom stereocenters. The van der Waals surface area contributed by atoms with E-state index in [0.717, 1.165) is 4.90 Å². The van der Waals surface area contributed by atoms with Crippen molar-refractivity contribution in [3.63, 3.8) is 0 Å². The summed E-state index contributed by atoms with van der Waals surface area (Å²) in [5, 5.41) is 0. The van der Waals surface area contributed by atoms with Crippen LogP contribution in [0.25, 0.3) is 0 Å². The minimum Gasteiger partial charge on any atom is -0.493 e. The van der Waals surface area contributed by atoms with Crippen LogP contribution in [0.5, 0.6) is 11.5 Å².